The molecular formula is C16H20FNO3. The van der Waals surface area contributed by atoms with Crippen LogP contribution in [0.1, 0.15) is 38.5 Å². The third-order valence-corrected chi connectivity index (χ3v) is 4.34. The second kappa shape index (κ2) is 6.24. The van der Waals surface area contributed by atoms with Gasteiger partial charge in [-0.05, 0) is 37.1 Å². The number of nitrogens with zero attached hydrogens (tertiary/aromatic N) is 1. The number of carboxylic acids is 1. The third kappa shape index (κ3) is 3.40. The number of halogens is 1. The van der Waals surface area contributed by atoms with Crippen LogP contribution in [0, 0.1) is 11.2 Å². The maximum Gasteiger partial charge on any atom is 0.310 e. The van der Waals surface area contributed by atoms with Gasteiger partial charge in [0, 0.05) is 19.2 Å². The molecule has 0 unspecified atom stereocenters. The number of carboxylic acid groups (broad SMARTS) is 1. The molecule has 0 aliphatic heterocycles. The van der Waals surface area contributed by atoms with Crippen LogP contribution in [0.15, 0.2) is 24.3 Å². The third-order valence-electron chi connectivity index (χ3n) is 4.34. The summed E-state index contributed by atoms with van der Waals surface area (Å²) in [6.07, 6.45) is 3.81. The van der Waals surface area contributed by atoms with Crippen molar-refractivity contribution in [1.82, 2.24) is 0 Å². The first kappa shape index (κ1) is 15.5. The zero-order valence-corrected chi connectivity index (χ0v) is 12.1. The van der Waals surface area contributed by atoms with Crippen molar-refractivity contribution in [2.75, 3.05) is 11.9 Å². The molecule has 4 nitrogen and oxygen atoms in total. The summed E-state index contributed by atoms with van der Waals surface area (Å²) in [5, 5.41) is 9.51. The van der Waals surface area contributed by atoms with Gasteiger partial charge in [-0.1, -0.05) is 19.3 Å². The first-order valence-corrected chi connectivity index (χ1v) is 7.20. The highest BCUT2D eigenvalue weighted by Crippen LogP contribution is 2.40. The topological polar surface area (TPSA) is 57.6 Å². The van der Waals surface area contributed by atoms with Gasteiger partial charge in [0.15, 0.2) is 0 Å². The van der Waals surface area contributed by atoms with Crippen molar-refractivity contribution >= 4 is 17.6 Å². The Morgan fingerprint density at radius 1 is 1.19 bits per heavy atom. The van der Waals surface area contributed by atoms with Crippen LogP contribution >= 0.6 is 0 Å². The molecule has 0 aromatic heterocycles. The zero-order chi connectivity index (χ0) is 15.5. The minimum atomic E-state index is -0.941. The first-order chi connectivity index (χ1) is 9.94. The zero-order valence-electron chi connectivity index (χ0n) is 12.1. The largest absolute Gasteiger partial charge is 0.481 e. The molecule has 1 saturated carbocycles. The molecule has 0 heterocycles. The number of amides is 1. The number of benzene rings is 1. The molecule has 0 spiro atoms. The van der Waals surface area contributed by atoms with Gasteiger partial charge in [-0.15, -0.1) is 0 Å². The Kier molecular flexibility index (Phi) is 4.60. The van der Waals surface area contributed by atoms with Gasteiger partial charge in [-0.25, -0.2) is 4.39 Å². The van der Waals surface area contributed by atoms with Crippen LogP contribution in [0.25, 0.3) is 0 Å². The van der Waals surface area contributed by atoms with Crippen LogP contribution in [0.5, 0.6) is 0 Å². The molecule has 1 N–H and O–H groups in total. The molecule has 1 aliphatic rings. The maximum atomic E-state index is 12.9. The Bertz CT molecular complexity index is 521. The lowest BCUT2D eigenvalue weighted by atomic mass is 9.71. The molecule has 1 amide bonds. The second-order valence-electron chi connectivity index (χ2n) is 5.75. The lowest BCUT2D eigenvalue weighted by Crippen LogP contribution is -2.39. The minimum Gasteiger partial charge on any atom is -0.481 e. The average Bonchev–Trinajstić information content (AvgIpc) is 2.48. The number of anilines is 1. The number of hydrogen-bond acceptors (Lipinski definition) is 2. The molecule has 2 rings (SSSR count). The lowest BCUT2D eigenvalue weighted by Gasteiger charge is -2.33. The summed E-state index contributed by atoms with van der Waals surface area (Å²) in [6.45, 7) is 0. The van der Waals surface area contributed by atoms with Crippen LogP contribution in [0.4, 0.5) is 10.1 Å². The van der Waals surface area contributed by atoms with Crippen molar-refractivity contribution in [3.8, 4) is 0 Å². The molecule has 0 atom stereocenters. The van der Waals surface area contributed by atoms with Crippen molar-refractivity contribution in [2.24, 2.45) is 5.41 Å². The monoisotopic (exact) mass is 293 g/mol. The van der Waals surface area contributed by atoms with Crippen molar-refractivity contribution in [1.29, 1.82) is 0 Å². The molecule has 0 radical (unpaired) electrons. The molecule has 1 fully saturated rings. The van der Waals surface area contributed by atoms with Crippen molar-refractivity contribution in [3.05, 3.63) is 30.1 Å². The van der Waals surface area contributed by atoms with E-state index in [1.165, 1.54) is 29.2 Å². The van der Waals surface area contributed by atoms with Crippen LogP contribution in [-0.4, -0.2) is 24.0 Å². The van der Waals surface area contributed by atoms with Gasteiger partial charge in [0.25, 0.3) is 0 Å². The summed E-state index contributed by atoms with van der Waals surface area (Å²) in [6, 6.07) is 5.60. The van der Waals surface area contributed by atoms with E-state index in [0.717, 1.165) is 19.3 Å². The highest BCUT2D eigenvalue weighted by Gasteiger charge is 2.42. The Morgan fingerprint density at radius 3 is 2.29 bits per heavy atom. The number of carbonyl (C=O) groups excluding carboxylic acids is 1. The molecule has 0 bridgehead atoms. The lowest BCUT2D eigenvalue weighted by molar-refractivity contribution is -0.153. The van der Waals surface area contributed by atoms with Crippen LogP contribution in [0.2, 0.25) is 0 Å². The van der Waals surface area contributed by atoms with Gasteiger partial charge in [-0.3, -0.25) is 9.59 Å². The van der Waals surface area contributed by atoms with Crippen LogP contribution in [-0.2, 0) is 9.59 Å². The summed E-state index contributed by atoms with van der Waals surface area (Å²) >= 11 is 0. The predicted octanol–water partition coefficient (Wildman–Crippen LogP) is 3.21. The van der Waals surface area contributed by atoms with Crippen molar-refractivity contribution < 1.29 is 19.1 Å². The molecule has 114 valence electrons. The summed E-state index contributed by atoms with van der Waals surface area (Å²) in [5.41, 5.74) is -0.373. The molecule has 1 aromatic rings. The highest BCUT2D eigenvalue weighted by molar-refractivity contribution is 5.95. The molecule has 1 aliphatic carbocycles. The summed E-state index contributed by atoms with van der Waals surface area (Å²) < 4.78 is 12.9. The Balaban J connectivity index is 2.11. The van der Waals surface area contributed by atoms with Crippen LogP contribution < -0.4 is 4.90 Å². The van der Waals surface area contributed by atoms with E-state index in [1.807, 2.05) is 0 Å². The van der Waals surface area contributed by atoms with E-state index in [-0.39, 0.29) is 18.1 Å². The normalized spacial score (nSPS) is 17.2. The van der Waals surface area contributed by atoms with Gasteiger partial charge in [-0.2, -0.15) is 0 Å². The first-order valence-electron chi connectivity index (χ1n) is 7.20. The van der Waals surface area contributed by atoms with E-state index < -0.39 is 11.4 Å². The number of hydrogen-bond donors (Lipinski definition) is 1. The minimum absolute atomic E-state index is 0.00376. The van der Waals surface area contributed by atoms with Crippen molar-refractivity contribution in [2.45, 2.75) is 38.5 Å². The Hall–Kier alpha value is -1.91. The molecular weight excluding hydrogens is 273 g/mol. The molecule has 5 heteroatoms. The molecule has 0 saturated heterocycles. The number of rotatable bonds is 4. The molecule has 21 heavy (non-hydrogen) atoms. The standard InChI is InChI=1S/C16H20FNO3/c1-18(13-7-5-12(17)6-8-13)14(19)11-16(15(20)21)9-3-2-4-10-16/h5-8H,2-4,9-11H2,1H3,(H,20,21). The van der Waals surface area contributed by atoms with Gasteiger partial charge >= 0.3 is 5.97 Å². The van der Waals surface area contributed by atoms with Gasteiger partial charge < -0.3 is 10.0 Å². The number of carbonyl (C=O) groups is 2. The SMILES string of the molecule is CN(C(=O)CC1(C(=O)O)CCCCC1)c1ccc(F)cc1. The van der Waals surface area contributed by atoms with Gasteiger partial charge in [0.05, 0.1) is 5.41 Å². The van der Waals surface area contributed by atoms with E-state index in [2.05, 4.69) is 0 Å². The van der Waals surface area contributed by atoms with E-state index in [4.69, 9.17) is 0 Å². The van der Waals surface area contributed by atoms with Crippen molar-refractivity contribution in [3.63, 3.8) is 0 Å². The summed E-state index contributed by atoms with van der Waals surface area (Å²) in [4.78, 5) is 25.4. The Morgan fingerprint density at radius 2 is 1.76 bits per heavy atom. The van der Waals surface area contributed by atoms with Gasteiger partial charge in [0.2, 0.25) is 5.91 Å². The van der Waals surface area contributed by atoms with E-state index >= 15 is 0 Å². The quantitative estimate of drug-likeness (QED) is 0.927. The molecule has 1 aromatic carbocycles. The maximum absolute atomic E-state index is 12.9. The smallest absolute Gasteiger partial charge is 0.310 e. The van der Waals surface area contributed by atoms with E-state index in [1.54, 1.807) is 7.05 Å². The fourth-order valence-corrected chi connectivity index (χ4v) is 2.91. The fraction of sp³-hybridized carbons (Fsp3) is 0.500. The van der Waals surface area contributed by atoms with Crippen LogP contribution in [0.3, 0.4) is 0 Å². The summed E-state index contributed by atoms with van der Waals surface area (Å²) in [7, 11) is 1.59. The second-order valence-corrected chi connectivity index (χ2v) is 5.75. The fourth-order valence-electron chi connectivity index (χ4n) is 2.91. The summed E-state index contributed by atoms with van der Waals surface area (Å²) in [5.74, 6) is -1.50. The number of aliphatic carboxylic acids is 1. The van der Waals surface area contributed by atoms with E-state index in [0.29, 0.717) is 18.5 Å². The predicted molar refractivity (Wildman–Crippen MR) is 77.6 cm³/mol. The Labute approximate surface area is 123 Å². The van der Waals surface area contributed by atoms with E-state index in [9.17, 15) is 19.1 Å². The average molecular weight is 293 g/mol. The highest BCUT2D eigenvalue weighted by atomic mass is 19.1. The van der Waals surface area contributed by atoms with Gasteiger partial charge in [0.1, 0.15) is 5.82 Å².